The Hall–Kier alpha value is -3.72. The third-order valence-electron chi connectivity index (χ3n) is 5.83. The first-order chi connectivity index (χ1) is 16.9. The number of ether oxygens (including phenoxy) is 1. The van der Waals surface area contributed by atoms with Gasteiger partial charge in [-0.1, -0.05) is 61.5 Å². The molecule has 182 valence electrons. The van der Waals surface area contributed by atoms with Gasteiger partial charge < -0.3 is 4.74 Å². The Labute approximate surface area is 202 Å². The quantitative estimate of drug-likeness (QED) is 0.322. The monoisotopic (exact) mass is 481 g/mol. The van der Waals surface area contributed by atoms with Crippen LogP contribution in [0.15, 0.2) is 78.9 Å². The number of tetrazole rings is 1. The maximum Gasteiger partial charge on any atom is 0.416 e. The molecule has 0 spiro atoms. The third kappa shape index (κ3) is 5.86. The zero-order valence-electron chi connectivity index (χ0n) is 19.5. The number of hydrogen-bond acceptors (Lipinski definition) is 5. The second-order valence-electron chi connectivity index (χ2n) is 8.12. The lowest BCUT2D eigenvalue weighted by Gasteiger charge is -2.30. The van der Waals surface area contributed by atoms with E-state index in [1.807, 2.05) is 61.5 Å². The molecule has 4 aromatic rings. The van der Waals surface area contributed by atoms with Crippen LogP contribution in [-0.4, -0.2) is 38.8 Å². The molecule has 1 atom stereocenters. The van der Waals surface area contributed by atoms with E-state index in [4.69, 9.17) is 4.74 Å². The predicted molar refractivity (Wildman–Crippen MR) is 126 cm³/mol. The summed E-state index contributed by atoms with van der Waals surface area (Å²) in [5, 5.41) is 12.3. The Morgan fingerprint density at radius 2 is 1.69 bits per heavy atom. The summed E-state index contributed by atoms with van der Waals surface area (Å²) in [4.78, 5) is 2.07. The third-order valence-corrected chi connectivity index (χ3v) is 5.83. The van der Waals surface area contributed by atoms with Crippen LogP contribution >= 0.6 is 0 Å². The first-order valence-electron chi connectivity index (χ1n) is 11.2. The van der Waals surface area contributed by atoms with Crippen LogP contribution in [0.25, 0.3) is 0 Å². The maximum absolute atomic E-state index is 13.6. The van der Waals surface area contributed by atoms with Crippen molar-refractivity contribution in [3.8, 4) is 5.75 Å². The van der Waals surface area contributed by atoms with Gasteiger partial charge in [-0.05, 0) is 57.9 Å². The molecule has 4 rings (SSSR count). The van der Waals surface area contributed by atoms with E-state index in [1.54, 1.807) is 17.9 Å². The fraction of sp³-hybridized carbons (Fsp3) is 0.269. The van der Waals surface area contributed by atoms with E-state index in [9.17, 15) is 13.2 Å². The van der Waals surface area contributed by atoms with Crippen LogP contribution in [0.3, 0.4) is 0 Å². The minimum Gasteiger partial charge on any atom is -0.497 e. The Balaban J connectivity index is 1.75. The van der Waals surface area contributed by atoms with E-state index in [0.717, 1.165) is 22.9 Å². The van der Waals surface area contributed by atoms with Gasteiger partial charge >= 0.3 is 6.18 Å². The van der Waals surface area contributed by atoms with Gasteiger partial charge in [0.25, 0.3) is 0 Å². The SMILES string of the molecule is CCN(Cc1ccccc1)[C@@H](c1cccc(C(F)(F)F)c1)c1nnnn1Cc1ccc(OC)cc1. The van der Waals surface area contributed by atoms with Crippen molar-refractivity contribution in [2.75, 3.05) is 13.7 Å². The molecule has 0 saturated carbocycles. The van der Waals surface area contributed by atoms with Crippen LogP contribution in [0.1, 0.15) is 41.0 Å². The van der Waals surface area contributed by atoms with Crippen LogP contribution in [0.4, 0.5) is 13.2 Å². The molecule has 0 amide bonds. The Bertz CT molecular complexity index is 1230. The number of alkyl halides is 3. The molecule has 0 N–H and O–H groups in total. The normalized spacial score (nSPS) is 12.6. The van der Waals surface area contributed by atoms with Gasteiger partial charge in [0.2, 0.25) is 0 Å². The van der Waals surface area contributed by atoms with Gasteiger partial charge in [-0.3, -0.25) is 4.90 Å². The molecular formula is C26H26F3N5O. The van der Waals surface area contributed by atoms with E-state index in [0.29, 0.717) is 31.0 Å². The molecule has 0 saturated heterocycles. The Kier molecular flexibility index (Phi) is 7.45. The zero-order valence-corrected chi connectivity index (χ0v) is 19.5. The van der Waals surface area contributed by atoms with Crippen LogP contribution in [0, 0.1) is 0 Å². The summed E-state index contributed by atoms with van der Waals surface area (Å²) in [5.41, 5.74) is 1.75. The number of methoxy groups -OCH3 is 1. The van der Waals surface area contributed by atoms with Gasteiger partial charge in [-0.2, -0.15) is 13.2 Å². The number of halogens is 3. The van der Waals surface area contributed by atoms with E-state index in [2.05, 4.69) is 20.4 Å². The number of hydrogen-bond donors (Lipinski definition) is 0. The molecule has 6 nitrogen and oxygen atoms in total. The van der Waals surface area contributed by atoms with Crippen LogP contribution in [0.2, 0.25) is 0 Å². The number of rotatable bonds is 9. The van der Waals surface area contributed by atoms with Crippen molar-refractivity contribution in [1.82, 2.24) is 25.1 Å². The lowest BCUT2D eigenvalue weighted by Crippen LogP contribution is -2.32. The van der Waals surface area contributed by atoms with Crippen molar-refractivity contribution in [2.24, 2.45) is 0 Å². The summed E-state index contributed by atoms with van der Waals surface area (Å²) in [5.74, 6) is 1.20. The molecule has 0 radical (unpaired) electrons. The minimum absolute atomic E-state index is 0.366. The molecule has 0 bridgehead atoms. The van der Waals surface area contributed by atoms with Crippen LogP contribution in [-0.2, 0) is 19.3 Å². The molecule has 0 aliphatic carbocycles. The van der Waals surface area contributed by atoms with Crippen molar-refractivity contribution in [1.29, 1.82) is 0 Å². The highest BCUT2D eigenvalue weighted by atomic mass is 19.4. The van der Waals surface area contributed by atoms with Crippen LogP contribution < -0.4 is 4.74 Å². The average molecular weight is 482 g/mol. The van der Waals surface area contributed by atoms with Gasteiger partial charge in [-0.25, -0.2) is 4.68 Å². The van der Waals surface area contributed by atoms with Crippen LogP contribution in [0.5, 0.6) is 5.75 Å². The topological polar surface area (TPSA) is 56.1 Å². The second-order valence-corrected chi connectivity index (χ2v) is 8.12. The molecule has 1 heterocycles. The summed E-state index contributed by atoms with van der Waals surface area (Å²) in [6.07, 6.45) is -4.45. The fourth-order valence-corrected chi connectivity index (χ4v) is 4.04. The molecule has 0 unspecified atom stereocenters. The predicted octanol–water partition coefficient (Wildman–Crippen LogP) is 5.36. The lowest BCUT2D eigenvalue weighted by atomic mass is 10.0. The summed E-state index contributed by atoms with van der Waals surface area (Å²) in [6.45, 7) is 3.44. The van der Waals surface area contributed by atoms with Crippen molar-refractivity contribution >= 4 is 0 Å². The van der Waals surface area contributed by atoms with Gasteiger partial charge in [0.15, 0.2) is 5.82 Å². The lowest BCUT2D eigenvalue weighted by molar-refractivity contribution is -0.137. The summed E-state index contributed by atoms with van der Waals surface area (Å²) in [6, 6.07) is 22.1. The van der Waals surface area contributed by atoms with E-state index < -0.39 is 17.8 Å². The van der Waals surface area contributed by atoms with Gasteiger partial charge in [0, 0.05) is 6.54 Å². The van der Waals surface area contributed by atoms with Gasteiger partial charge in [-0.15, -0.1) is 5.10 Å². The Morgan fingerprint density at radius 1 is 0.943 bits per heavy atom. The first kappa shape index (κ1) is 24.4. The van der Waals surface area contributed by atoms with Gasteiger partial charge in [0.05, 0.1) is 25.3 Å². The molecule has 9 heteroatoms. The summed E-state index contributed by atoms with van der Waals surface area (Å²) < 4.78 is 47.5. The maximum atomic E-state index is 13.6. The molecule has 0 aliphatic rings. The highest BCUT2D eigenvalue weighted by Crippen LogP contribution is 2.34. The second kappa shape index (κ2) is 10.7. The molecule has 0 fully saturated rings. The molecule has 1 aromatic heterocycles. The van der Waals surface area contributed by atoms with Gasteiger partial charge in [0.1, 0.15) is 5.75 Å². The average Bonchev–Trinajstić information content (AvgIpc) is 3.32. The van der Waals surface area contributed by atoms with E-state index in [-0.39, 0.29) is 0 Å². The smallest absolute Gasteiger partial charge is 0.416 e. The molecule has 3 aromatic carbocycles. The van der Waals surface area contributed by atoms with E-state index >= 15 is 0 Å². The fourth-order valence-electron chi connectivity index (χ4n) is 4.04. The first-order valence-corrected chi connectivity index (χ1v) is 11.2. The zero-order chi connectivity index (χ0) is 24.8. The number of benzene rings is 3. The number of nitrogens with zero attached hydrogens (tertiary/aromatic N) is 5. The van der Waals surface area contributed by atoms with Crippen molar-refractivity contribution < 1.29 is 17.9 Å². The molecule has 35 heavy (non-hydrogen) atoms. The Morgan fingerprint density at radius 3 is 2.34 bits per heavy atom. The largest absolute Gasteiger partial charge is 0.497 e. The highest BCUT2D eigenvalue weighted by Gasteiger charge is 2.33. The van der Waals surface area contributed by atoms with E-state index in [1.165, 1.54) is 12.1 Å². The van der Waals surface area contributed by atoms with Crippen molar-refractivity contribution in [2.45, 2.75) is 32.2 Å². The number of aromatic nitrogens is 4. The highest BCUT2D eigenvalue weighted by molar-refractivity contribution is 5.32. The minimum atomic E-state index is -4.45. The summed E-state index contributed by atoms with van der Waals surface area (Å²) >= 11 is 0. The van der Waals surface area contributed by atoms with Crippen molar-refractivity contribution in [3.05, 3.63) is 107 Å². The standard InChI is InChI=1S/C26H26F3N5O/c1-3-33(17-19-8-5-4-6-9-19)24(21-10-7-11-22(16-21)26(27,28)29)25-30-31-32-34(25)18-20-12-14-23(35-2)15-13-20/h4-16,24H,3,17-18H2,1-2H3/t24-/m0/s1. The molecule has 0 aliphatic heterocycles. The summed E-state index contributed by atoms with van der Waals surface area (Å²) in [7, 11) is 1.60. The molecular weight excluding hydrogens is 455 g/mol. The van der Waals surface area contributed by atoms with Crippen molar-refractivity contribution in [3.63, 3.8) is 0 Å².